The number of hydrogen-bond donors (Lipinski definition) is 0. The summed E-state index contributed by atoms with van der Waals surface area (Å²) >= 11 is 1.67. The van der Waals surface area contributed by atoms with E-state index in [1.54, 1.807) is 11.8 Å². The zero-order chi connectivity index (χ0) is 17.2. The summed E-state index contributed by atoms with van der Waals surface area (Å²) in [5.74, 6) is 0.729. The monoisotopic (exact) mass is 355 g/mol. The Morgan fingerprint density at radius 2 is 2.24 bits per heavy atom. The van der Waals surface area contributed by atoms with Gasteiger partial charge in [-0.2, -0.15) is 0 Å². The molecule has 1 atom stereocenters. The fourth-order valence-electron chi connectivity index (χ4n) is 3.94. The maximum Gasteiger partial charge on any atom is 0.228 e. The highest BCUT2D eigenvalue weighted by Crippen LogP contribution is 2.32. The van der Waals surface area contributed by atoms with Crippen LogP contribution in [0.25, 0.3) is 0 Å². The first kappa shape index (κ1) is 16.7. The Hall–Kier alpha value is -1.75. The van der Waals surface area contributed by atoms with E-state index in [-0.39, 0.29) is 5.91 Å². The first-order chi connectivity index (χ1) is 12.2. The van der Waals surface area contributed by atoms with Crippen molar-refractivity contribution in [2.24, 2.45) is 4.99 Å². The average molecular weight is 356 g/mol. The van der Waals surface area contributed by atoms with Crippen LogP contribution in [0.3, 0.4) is 0 Å². The molecular weight excluding hydrogens is 330 g/mol. The summed E-state index contributed by atoms with van der Waals surface area (Å²) in [6.45, 7) is 5.79. The van der Waals surface area contributed by atoms with Crippen LogP contribution in [-0.2, 0) is 4.79 Å². The Balaban J connectivity index is 1.40. The number of thioether (sulfide) groups is 1. The van der Waals surface area contributed by atoms with Gasteiger partial charge in [0, 0.05) is 37.8 Å². The number of hydrogen-bond acceptors (Lipinski definition) is 4. The fraction of sp³-hybridized carbons (Fsp3) is 0.500. The molecule has 0 aliphatic carbocycles. The predicted molar refractivity (Wildman–Crippen MR) is 104 cm³/mol. The van der Waals surface area contributed by atoms with Gasteiger partial charge in [0.05, 0.1) is 6.42 Å². The predicted octanol–water partition coefficient (Wildman–Crippen LogP) is 3.74. The minimum Gasteiger partial charge on any atom is -0.342 e. The molecule has 3 aliphatic heterocycles. The molecule has 0 spiro atoms. The van der Waals surface area contributed by atoms with Crippen LogP contribution in [0.5, 0.6) is 0 Å². The number of benzene rings is 1. The highest BCUT2D eigenvalue weighted by molar-refractivity contribution is 8.16. The first-order valence-electron chi connectivity index (χ1n) is 9.23. The summed E-state index contributed by atoms with van der Waals surface area (Å²) in [5, 5.41) is 3.19. The van der Waals surface area contributed by atoms with Crippen molar-refractivity contribution in [2.75, 3.05) is 26.2 Å². The van der Waals surface area contributed by atoms with Gasteiger partial charge in [0.1, 0.15) is 0 Å². The molecule has 0 N–H and O–H groups in total. The Kier molecular flexibility index (Phi) is 4.84. The van der Waals surface area contributed by atoms with Gasteiger partial charge in [-0.1, -0.05) is 41.6 Å². The van der Waals surface area contributed by atoms with Gasteiger partial charge in [0.2, 0.25) is 5.91 Å². The molecule has 132 valence electrons. The maximum atomic E-state index is 12.9. The Morgan fingerprint density at radius 3 is 3.12 bits per heavy atom. The molecule has 0 aromatic heterocycles. The second kappa shape index (κ2) is 7.24. The lowest BCUT2D eigenvalue weighted by molar-refractivity contribution is -0.131. The number of aryl methyl sites for hydroxylation is 1. The van der Waals surface area contributed by atoms with E-state index in [4.69, 9.17) is 0 Å². The van der Waals surface area contributed by atoms with Crippen LogP contribution >= 0.6 is 11.8 Å². The van der Waals surface area contributed by atoms with E-state index in [0.29, 0.717) is 12.3 Å². The van der Waals surface area contributed by atoms with E-state index in [2.05, 4.69) is 51.4 Å². The van der Waals surface area contributed by atoms with E-state index in [1.165, 1.54) is 17.5 Å². The summed E-state index contributed by atoms with van der Waals surface area (Å²) in [5.41, 5.74) is 3.80. The van der Waals surface area contributed by atoms with Gasteiger partial charge in [-0.3, -0.25) is 9.79 Å². The van der Waals surface area contributed by atoms with E-state index in [0.717, 1.165) is 49.9 Å². The van der Waals surface area contributed by atoms with E-state index >= 15 is 0 Å². The van der Waals surface area contributed by atoms with E-state index in [9.17, 15) is 4.79 Å². The topological polar surface area (TPSA) is 35.9 Å². The number of carbonyl (C=O) groups is 1. The number of nitrogens with zero attached hydrogens (tertiary/aromatic N) is 3. The third-order valence-electron chi connectivity index (χ3n) is 5.28. The van der Waals surface area contributed by atoms with Crippen molar-refractivity contribution in [2.45, 2.75) is 38.5 Å². The number of likely N-dealkylation sites (tertiary alicyclic amines) is 1. The number of amides is 1. The molecule has 1 fully saturated rings. The Bertz CT molecular complexity index is 727. The number of carbonyl (C=O) groups excluding carboxylic acids is 1. The zero-order valence-corrected chi connectivity index (χ0v) is 15.6. The number of piperidine rings is 1. The lowest BCUT2D eigenvalue weighted by atomic mass is 9.89. The molecule has 0 bridgehead atoms. The molecule has 1 aromatic carbocycles. The first-order valence-corrected chi connectivity index (χ1v) is 10.1. The van der Waals surface area contributed by atoms with Crippen molar-refractivity contribution in [1.29, 1.82) is 0 Å². The highest BCUT2D eigenvalue weighted by atomic mass is 32.2. The highest BCUT2D eigenvalue weighted by Gasteiger charge is 2.30. The number of rotatable bonds is 3. The molecular formula is C20H25N3OS. The number of fused-ring (bicyclic) bond motifs is 1. The molecule has 4 nitrogen and oxygen atoms in total. The summed E-state index contributed by atoms with van der Waals surface area (Å²) in [6, 6.07) is 8.74. The van der Waals surface area contributed by atoms with Crippen LogP contribution in [0.4, 0.5) is 0 Å². The maximum absolute atomic E-state index is 12.9. The SMILES string of the molecule is Cc1cccc(C2CCCN(C(=O)CC3=CSC4=NCCCN34)C2)c1. The zero-order valence-electron chi connectivity index (χ0n) is 14.8. The van der Waals surface area contributed by atoms with Crippen molar-refractivity contribution < 1.29 is 4.79 Å². The lowest BCUT2D eigenvalue weighted by Crippen LogP contribution is -2.40. The quantitative estimate of drug-likeness (QED) is 0.829. The Morgan fingerprint density at radius 1 is 1.32 bits per heavy atom. The lowest BCUT2D eigenvalue weighted by Gasteiger charge is -2.34. The van der Waals surface area contributed by atoms with Crippen LogP contribution in [-0.4, -0.2) is 47.1 Å². The van der Waals surface area contributed by atoms with Gasteiger partial charge < -0.3 is 9.80 Å². The average Bonchev–Trinajstić information content (AvgIpc) is 3.05. The van der Waals surface area contributed by atoms with Crippen molar-refractivity contribution in [3.8, 4) is 0 Å². The third kappa shape index (κ3) is 3.61. The summed E-state index contributed by atoms with van der Waals surface area (Å²) in [6.07, 6.45) is 3.85. The van der Waals surface area contributed by atoms with Gasteiger partial charge in [0.25, 0.3) is 0 Å². The van der Waals surface area contributed by atoms with Crippen LogP contribution in [0.15, 0.2) is 40.4 Å². The molecule has 1 saturated heterocycles. The Labute approximate surface area is 154 Å². The standard InChI is InChI=1S/C20H25N3OS/c1-15-5-2-6-16(11-15)17-7-3-9-22(13-17)19(24)12-18-14-25-20-21-8-4-10-23(18)20/h2,5-6,11,14,17H,3-4,7-10,12-13H2,1H3. The largest absolute Gasteiger partial charge is 0.342 e. The number of aliphatic imine (C=N–C) groups is 1. The molecule has 3 heterocycles. The molecule has 1 amide bonds. The molecule has 1 unspecified atom stereocenters. The third-order valence-corrected chi connectivity index (χ3v) is 6.24. The molecule has 0 radical (unpaired) electrons. The molecule has 1 aromatic rings. The molecule has 4 rings (SSSR count). The van der Waals surface area contributed by atoms with E-state index < -0.39 is 0 Å². The van der Waals surface area contributed by atoms with Crippen LogP contribution in [0.2, 0.25) is 0 Å². The normalized spacial score (nSPS) is 23.2. The molecule has 0 saturated carbocycles. The van der Waals surface area contributed by atoms with Gasteiger partial charge in [-0.05, 0) is 37.2 Å². The summed E-state index contributed by atoms with van der Waals surface area (Å²) in [4.78, 5) is 21.7. The second-order valence-corrected chi connectivity index (χ2v) is 8.00. The second-order valence-electron chi connectivity index (χ2n) is 7.17. The number of amidine groups is 1. The van der Waals surface area contributed by atoms with Crippen molar-refractivity contribution in [3.63, 3.8) is 0 Å². The van der Waals surface area contributed by atoms with Gasteiger partial charge in [-0.25, -0.2) is 0 Å². The van der Waals surface area contributed by atoms with Crippen molar-refractivity contribution in [1.82, 2.24) is 9.80 Å². The molecule has 25 heavy (non-hydrogen) atoms. The van der Waals surface area contributed by atoms with Crippen molar-refractivity contribution >= 4 is 22.8 Å². The van der Waals surface area contributed by atoms with Crippen LogP contribution in [0, 0.1) is 6.92 Å². The van der Waals surface area contributed by atoms with Gasteiger partial charge >= 0.3 is 0 Å². The molecule has 3 aliphatic rings. The summed E-state index contributed by atoms with van der Waals surface area (Å²) in [7, 11) is 0. The fourth-order valence-corrected chi connectivity index (χ4v) is 4.89. The van der Waals surface area contributed by atoms with Crippen molar-refractivity contribution in [3.05, 3.63) is 46.5 Å². The molecule has 5 heteroatoms. The van der Waals surface area contributed by atoms with Crippen LogP contribution in [0.1, 0.15) is 42.7 Å². The minimum absolute atomic E-state index is 0.260. The van der Waals surface area contributed by atoms with Gasteiger partial charge in [0.15, 0.2) is 5.17 Å². The van der Waals surface area contributed by atoms with E-state index in [1.807, 2.05) is 0 Å². The smallest absolute Gasteiger partial charge is 0.228 e. The minimum atomic E-state index is 0.260. The summed E-state index contributed by atoms with van der Waals surface area (Å²) < 4.78 is 0. The van der Waals surface area contributed by atoms with Crippen LogP contribution < -0.4 is 0 Å². The van der Waals surface area contributed by atoms with Gasteiger partial charge in [-0.15, -0.1) is 0 Å².